The molecule has 1 saturated heterocycles. The number of nitrogens with one attached hydrogen (secondary N) is 3. The third kappa shape index (κ3) is 13.3. The number of halogens is 1. The highest BCUT2D eigenvalue weighted by Crippen LogP contribution is 2.33. The molecule has 1 fully saturated rings. The molecule has 50 heavy (non-hydrogen) atoms. The van der Waals surface area contributed by atoms with Crippen molar-refractivity contribution >= 4 is 39.1 Å². The molecule has 1 amide bonds. The third-order valence-electron chi connectivity index (χ3n) is 8.85. The fourth-order valence-corrected chi connectivity index (χ4v) is 6.85. The molecule has 3 aromatic rings. The van der Waals surface area contributed by atoms with Gasteiger partial charge in [-0.15, -0.1) is 0 Å². The first kappa shape index (κ1) is 39.2. The van der Waals surface area contributed by atoms with Gasteiger partial charge in [0.2, 0.25) is 10.0 Å². The van der Waals surface area contributed by atoms with Gasteiger partial charge in [0.15, 0.2) is 0 Å². The van der Waals surface area contributed by atoms with Gasteiger partial charge < -0.3 is 30.3 Å². The first-order valence-electron chi connectivity index (χ1n) is 17.5. The van der Waals surface area contributed by atoms with Crippen LogP contribution in [0.2, 0.25) is 5.02 Å². The number of amides is 1. The first-order chi connectivity index (χ1) is 24.0. The zero-order valence-electron chi connectivity index (χ0n) is 28.7. The van der Waals surface area contributed by atoms with Gasteiger partial charge >= 0.3 is 6.09 Å². The van der Waals surface area contributed by atoms with Gasteiger partial charge in [-0.2, -0.15) is 0 Å². The maximum Gasteiger partial charge on any atom is 0.411 e. The average Bonchev–Trinajstić information content (AvgIpc) is 3.07. The van der Waals surface area contributed by atoms with Crippen molar-refractivity contribution in [2.24, 2.45) is 0 Å². The minimum Gasteiger partial charge on any atom is -0.506 e. The first-order valence-corrected chi connectivity index (χ1v) is 19.7. The summed E-state index contributed by atoms with van der Waals surface area (Å²) in [6.45, 7) is 4.04. The lowest BCUT2D eigenvalue weighted by atomic mass is 10.0. The summed E-state index contributed by atoms with van der Waals surface area (Å²) in [6.07, 6.45) is 10.6. The molecular formula is C37H51ClN4O7S. The summed E-state index contributed by atoms with van der Waals surface area (Å²) in [7, 11) is -3.54. The molecule has 0 radical (unpaired) electrons. The van der Waals surface area contributed by atoms with Gasteiger partial charge in [0.1, 0.15) is 17.6 Å². The van der Waals surface area contributed by atoms with Crippen molar-refractivity contribution in [3.63, 3.8) is 0 Å². The van der Waals surface area contributed by atoms with E-state index >= 15 is 0 Å². The lowest BCUT2D eigenvalue weighted by Crippen LogP contribution is -2.38. The second kappa shape index (κ2) is 19.7. The fourth-order valence-electron chi connectivity index (χ4n) is 6.10. The van der Waals surface area contributed by atoms with Gasteiger partial charge in [-0.1, -0.05) is 80.5 Å². The number of aliphatic hydroxyl groups excluding tert-OH is 1. The Morgan fingerprint density at radius 2 is 1.56 bits per heavy atom. The Kier molecular flexibility index (Phi) is 15.5. The maximum absolute atomic E-state index is 12.7. The minimum absolute atomic E-state index is 0.00917. The van der Waals surface area contributed by atoms with Crippen molar-refractivity contribution in [2.45, 2.75) is 76.4 Å². The number of piperidine rings is 1. The summed E-state index contributed by atoms with van der Waals surface area (Å²) >= 11 is 6.09. The molecule has 0 spiro atoms. The number of rotatable bonds is 19. The van der Waals surface area contributed by atoms with Crippen LogP contribution in [0.1, 0.15) is 75.9 Å². The molecular weight excluding hydrogens is 680 g/mol. The molecule has 1 aliphatic heterocycles. The van der Waals surface area contributed by atoms with Crippen LogP contribution in [0.15, 0.2) is 60.7 Å². The average molecular weight is 731 g/mol. The van der Waals surface area contributed by atoms with Crippen LogP contribution >= 0.6 is 11.6 Å². The van der Waals surface area contributed by atoms with Crippen molar-refractivity contribution in [1.29, 1.82) is 0 Å². The molecule has 0 saturated carbocycles. The quantitative estimate of drug-likeness (QED) is 0.0552. The van der Waals surface area contributed by atoms with E-state index in [4.69, 9.17) is 16.3 Å². The van der Waals surface area contributed by atoms with Crippen molar-refractivity contribution in [1.82, 2.24) is 10.2 Å². The van der Waals surface area contributed by atoms with E-state index in [0.29, 0.717) is 17.8 Å². The molecule has 274 valence electrons. The Balaban J connectivity index is 0.993. The van der Waals surface area contributed by atoms with Crippen molar-refractivity contribution in [3.8, 4) is 22.6 Å². The number of aliphatic hydroxyl groups is 1. The monoisotopic (exact) mass is 730 g/mol. The zero-order valence-corrected chi connectivity index (χ0v) is 30.3. The number of benzene rings is 3. The number of phenols is 2. The van der Waals surface area contributed by atoms with Gasteiger partial charge in [-0.3, -0.25) is 10.0 Å². The lowest BCUT2D eigenvalue weighted by molar-refractivity contribution is 0.0584. The summed E-state index contributed by atoms with van der Waals surface area (Å²) in [5, 5.41) is 36.4. The van der Waals surface area contributed by atoms with Crippen molar-refractivity contribution < 1.29 is 33.3 Å². The molecule has 4 rings (SSSR count). The molecule has 1 heterocycles. The van der Waals surface area contributed by atoms with Crippen LogP contribution in [0.3, 0.4) is 0 Å². The SMILES string of the molecule is CS(=O)(=O)Nc1cc([C@@H](O)CNCCCCCCCCCCN2CCC(OC(=O)Nc3ccccc3-c3ccc(O)c(Cl)c3)CC2)ccc1O. The molecule has 0 aliphatic carbocycles. The van der Waals surface area contributed by atoms with Crippen LogP contribution in [0, 0.1) is 0 Å². The van der Waals surface area contributed by atoms with Crippen molar-refractivity contribution in [3.05, 3.63) is 71.2 Å². The topological polar surface area (TPSA) is 160 Å². The predicted molar refractivity (Wildman–Crippen MR) is 199 cm³/mol. The van der Waals surface area contributed by atoms with E-state index in [-0.39, 0.29) is 28.3 Å². The molecule has 3 aromatic carbocycles. The van der Waals surface area contributed by atoms with Crippen LogP contribution < -0.4 is 15.4 Å². The van der Waals surface area contributed by atoms with E-state index in [1.807, 2.05) is 24.3 Å². The smallest absolute Gasteiger partial charge is 0.411 e. The Hall–Kier alpha value is -3.55. The largest absolute Gasteiger partial charge is 0.506 e. The number of hydrogen-bond donors (Lipinski definition) is 6. The molecule has 0 unspecified atom stereocenters. The number of para-hydroxylation sites is 1. The summed E-state index contributed by atoms with van der Waals surface area (Å²) in [4.78, 5) is 15.2. The van der Waals surface area contributed by atoms with E-state index in [1.165, 1.54) is 56.7 Å². The highest BCUT2D eigenvalue weighted by molar-refractivity contribution is 7.92. The highest BCUT2D eigenvalue weighted by atomic mass is 35.5. The normalized spacial score (nSPS) is 14.7. The highest BCUT2D eigenvalue weighted by Gasteiger charge is 2.22. The van der Waals surface area contributed by atoms with Crippen LogP contribution in [0.4, 0.5) is 16.2 Å². The Bertz CT molecular complexity index is 1630. The number of nitrogens with zero attached hydrogens (tertiary/aromatic N) is 1. The number of ether oxygens (including phenoxy) is 1. The number of aromatic hydroxyl groups is 2. The minimum atomic E-state index is -3.54. The summed E-state index contributed by atoms with van der Waals surface area (Å²) < 4.78 is 31.0. The van der Waals surface area contributed by atoms with Gasteiger partial charge in [0, 0.05) is 25.2 Å². The third-order valence-corrected chi connectivity index (χ3v) is 9.74. The van der Waals surface area contributed by atoms with E-state index in [0.717, 1.165) is 69.2 Å². The fraction of sp³-hybridized carbons (Fsp3) is 0.486. The van der Waals surface area contributed by atoms with E-state index in [2.05, 4.69) is 20.3 Å². The molecule has 0 aromatic heterocycles. The van der Waals surface area contributed by atoms with Gasteiger partial charge in [-0.25, -0.2) is 13.2 Å². The van der Waals surface area contributed by atoms with Crippen LogP contribution in [0.25, 0.3) is 11.1 Å². The van der Waals surface area contributed by atoms with Gasteiger partial charge in [-0.05, 0) is 80.2 Å². The Morgan fingerprint density at radius 1 is 0.900 bits per heavy atom. The summed E-state index contributed by atoms with van der Waals surface area (Å²) in [5.41, 5.74) is 2.78. The molecule has 0 bridgehead atoms. The molecule has 1 aliphatic rings. The summed E-state index contributed by atoms with van der Waals surface area (Å²) in [6, 6.07) is 16.8. The number of anilines is 2. The van der Waals surface area contributed by atoms with E-state index < -0.39 is 22.2 Å². The Labute approximate surface area is 301 Å². The number of carbonyl (C=O) groups is 1. The van der Waals surface area contributed by atoms with Crippen LogP contribution in [0.5, 0.6) is 11.5 Å². The lowest BCUT2D eigenvalue weighted by Gasteiger charge is -2.31. The van der Waals surface area contributed by atoms with Gasteiger partial charge in [0.25, 0.3) is 0 Å². The number of hydrogen-bond acceptors (Lipinski definition) is 9. The molecule has 1 atom stereocenters. The number of phenolic OH excluding ortho intramolecular Hbond substituents is 2. The van der Waals surface area contributed by atoms with E-state index in [1.54, 1.807) is 18.2 Å². The van der Waals surface area contributed by atoms with Crippen molar-refractivity contribution in [2.75, 3.05) is 49.0 Å². The zero-order chi connectivity index (χ0) is 35.9. The maximum atomic E-state index is 12.7. The number of unbranched alkanes of at least 4 members (excludes halogenated alkanes) is 7. The predicted octanol–water partition coefficient (Wildman–Crippen LogP) is 7.25. The number of sulfonamides is 1. The van der Waals surface area contributed by atoms with E-state index in [9.17, 15) is 28.5 Å². The Morgan fingerprint density at radius 3 is 2.26 bits per heavy atom. The molecule has 13 heteroatoms. The standard InChI is InChI=1S/C37H51ClN4O7S/c1-50(47,48)41-33-25-28(15-17-35(33)44)36(45)26-39-20-10-6-4-2-3-5-7-11-21-42-22-18-29(19-23-42)49-37(46)40-32-13-9-8-12-30(32)27-14-16-34(43)31(38)24-27/h8-9,12-17,24-25,29,36,39,41,43-45H,2-7,10-11,18-23,26H2,1H3,(H,40,46)/t36-/m0/s1. The van der Waals surface area contributed by atoms with Crippen LogP contribution in [-0.2, 0) is 14.8 Å². The summed E-state index contributed by atoms with van der Waals surface area (Å²) in [5.74, 6) is -0.181. The van der Waals surface area contributed by atoms with Crippen LogP contribution in [-0.4, -0.2) is 79.8 Å². The second-order valence-electron chi connectivity index (χ2n) is 13.0. The number of likely N-dealkylation sites (tertiary alicyclic amines) is 1. The molecule has 6 N–H and O–H groups in total. The second-order valence-corrected chi connectivity index (χ2v) is 15.1. The van der Waals surface area contributed by atoms with Gasteiger partial charge in [0.05, 0.1) is 28.8 Å². The number of carbonyl (C=O) groups excluding carboxylic acids is 1. The molecule has 11 nitrogen and oxygen atoms in total.